The Labute approximate surface area is 244 Å². The van der Waals surface area contributed by atoms with Gasteiger partial charge in [0.15, 0.2) is 0 Å². The second-order valence-corrected chi connectivity index (χ2v) is 11.2. The fourth-order valence-electron chi connectivity index (χ4n) is 3.33. The highest BCUT2D eigenvalue weighted by Crippen LogP contribution is 2.22. The maximum absolute atomic E-state index is 12.6. The molecule has 0 unspecified atom stereocenters. The number of nitrogens with one attached hydrogen (secondary N) is 2. The van der Waals surface area contributed by atoms with Crippen LogP contribution in [-0.2, 0) is 14.8 Å². The molecule has 4 aromatic carbocycles. The van der Waals surface area contributed by atoms with Crippen LogP contribution in [0.4, 0.5) is 5.69 Å². The van der Waals surface area contributed by atoms with Crippen LogP contribution in [0.3, 0.4) is 0 Å². The lowest BCUT2D eigenvalue weighted by Crippen LogP contribution is -2.18. The van der Waals surface area contributed by atoms with Crippen molar-refractivity contribution in [1.29, 1.82) is 0 Å². The normalized spacial score (nSPS) is 11.4. The highest BCUT2D eigenvalue weighted by atomic mass is 79.9. The monoisotopic (exact) mass is 637 g/mol. The molecule has 0 heterocycles. The number of benzene rings is 4. The summed E-state index contributed by atoms with van der Waals surface area (Å²) in [4.78, 5) is 24.9. The van der Waals surface area contributed by atoms with Gasteiger partial charge in [0.1, 0.15) is 5.75 Å². The number of hydrazone groups is 1. The molecule has 4 rings (SSSR count). The third-order valence-electron chi connectivity index (χ3n) is 5.29. The zero-order chi connectivity index (χ0) is 28.5. The van der Waals surface area contributed by atoms with E-state index in [1.165, 1.54) is 60.8 Å². The van der Waals surface area contributed by atoms with Crippen molar-refractivity contribution >= 4 is 67.4 Å². The number of ether oxygens (including phenoxy) is 1. The summed E-state index contributed by atoms with van der Waals surface area (Å²) in [5, 5.41) is 4.39. The Kier molecular flexibility index (Phi) is 9.49. The fourth-order valence-corrected chi connectivity index (χ4v) is 4.89. The second kappa shape index (κ2) is 13.2. The van der Waals surface area contributed by atoms with Gasteiger partial charge in [0, 0.05) is 32.4 Å². The molecule has 202 valence electrons. The van der Waals surface area contributed by atoms with Crippen LogP contribution in [0.5, 0.6) is 5.75 Å². The first-order chi connectivity index (χ1) is 19.2. The van der Waals surface area contributed by atoms with Crippen LogP contribution in [0.15, 0.2) is 118 Å². The van der Waals surface area contributed by atoms with E-state index in [1.807, 2.05) is 30.3 Å². The summed E-state index contributed by atoms with van der Waals surface area (Å²) >= 11 is 9.19. The summed E-state index contributed by atoms with van der Waals surface area (Å²) in [6, 6.07) is 25.9. The van der Waals surface area contributed by atoms with Gasteiger partial charge in [-0.15, -0.1) is 0 Å². The van der Waals surface area contributed by atoms with Crippen LogP contribution in [0.1, 0.15) is 21.5 Å². The number of esters is 1. The van der Waals surface area contributed by atoms with Crippen molar-refractivity contribution in [1.82, 2.24) is 5.43 Å². The maximum Gasteiger partial charge on any atom is 0.336 e. The Hall–Kier alpha value is -4.25. The number of nitrogens with zero attached hydrogens (tertiary/aromatic N) is 1. The van der Waals surface area contributed by atoms with Crippen molar-refractivity contribution < 1.29 is 22.7 Å². The molecule has 0 radical (unpaired) electrons. The van der Waals surface area contributed by atoms with Gasteiger partial charge < -0.3 is 4.74 Å². The quantitative estimate of drug-likeness (QED) is 0.0736. The van der Waals surface area contributed by atoms with Gasteiger partial charge in [-0.25, -0.2) is 18.6 Å². The van der Waals surface area contributed by atoms with E-state index < -0.39 is 21.9 Å². The summed E-state index contributed by atoms with van der Waals surface area (Å²) in [5.74, 6) is -0.847. The number of hydrogen-bond acceptors (Lipinski definition) is 6. The van der Waals surface area contributed by atoms with Crippen LogP contribution in [0.2, 0.25) is 5.02 Å². The number of amides is 1. The van der Waals surface area contributed by atoms with Gasteiger partial charge in [-0.2, -0.15) is 5.10 Å². The average molecular weight is 639 g/mol. The summed E-state index contributed by atoms with van der Waals surface area (Å²) in [5.41, 5.74) is 4.23. The van der Waals surface area contributed by atoms with Crippen LogP contribution in [0, 0.1) is 0 Å². The molecule has 0 fully saturated rings. The van der Waals surface area contributed by atoms with Gasteiger partial charge in [0.05, 0.1) is 11.1 Å². The number of anilines is 1. The molecular weight excluding hydrogens is 618 g/mol. The van der Waals surface area contributed by atoms with Crippen LogP contribution in [0.25, 0.3) is 6.08 Å². The highest BCUT2D eigenvalue weighted by Gasteiger charge is 2.14. The van der Waals surface area contributed by atoms with Gasteiger partial charge in [-0.05, 0) is 78.4 Å². The molecule has 0 saturated carbocycles. The summed E-state index contributed by atoms with van der Waals surface area (Å²) in [6.45, 7) is 0. The van der Waals surface area contributed by atoms with Crippen molar-refractivity contribution in [3.05, 3.63) is 129 Å². The molecule has 0 aliphatic rings. The Bertz CT molecular complexity index is 1680. The first-order valence-corrected chi connectivity index (χ1v) is 14.3. The highest BCUT2D eigenvalue weighted by molar-refractivity contribution is 9.10. The Morgan fingerprint density at radius 2 is 1.60 bits per heavy atom. The zero-order valence-electron chi connectivity index (χ0n) is 20.6. The predicted octanol–water partition coefficient (Wildman–Crippen LogP) is 6.29. The Morgan fingerprint density at radius 3 is 2.30 bits per heavy atom. The third-order valence-corrected chi connectivity index (χ3v) is 7.43. The summed E-state index contributed by atoms with van der Waals surface area (Å²) in [6.07, 6.45) is 4.31. The second-order valence-electron chi connectivity index (χ2n) is 8.18. The zero-order valence-corrected chi connectivity index (χ0v) is 23.8. The fraction of sp³-hybridized carbons (Fsp3) is 0. The van der Waals surface area contributed by atoms with E-state index in [4.69, 9.17) is 16.3 Å². The van der Waals surface area contributed by atoms with Gasteiger partial charge in [-0.3, -0.25) is 9.52 Å². The lowest BCUT2D eigenvalue weighted by molar-refractivity contribution is -0.128. The van der Waals surface area contributed by atoms with Crippen molar-refractivity contribution in [3.63, 3.8) is 0 Å². The molecule has 0 spiro atoms. The minimum Gasteiger partial charge on any atom is -0.423 e. The first kappa shape index (κ1) is 28.8. The first-order valence-electron chi connectivity index (χ1n) is 11.7. The third kappa shape index (κ3) is 8.12. The van der Waals surface area contributed by atoms with E-state index in [2.05, 4.69) is 31.2 Å². The largest absolute Gasteiger partial charge is 0.423 e. The summed E-state index contributed by atoms with van der Waals surface area (Å²) < 4.78 is 33.7. The smallest absolute Gasteiger partial charge is 0.336 e. The minimum absolute atomic E-state index is 0.0536. The molecule has 0 aliphatic carbocycles. The molecule has 0 aliphatic heterocycles. The van der Waals surface area contributed by atoms with E-state index >= 15 is 0 Å². The topological polar surface area (TPSA) is 114 Å². The van der Waals surface area contributed by atoms with Gasteiger partial charge in [0.25, 0.3) is 15.9 Å². The molecule has 1 amide bonds. The van der Waals surface area contributed by atoms with Crippen molar-refractivity contribution in [2.45, 2.75) is 4.90 Å². The number of rotatable bonds is 9. The van der Waals surface area contributed by atoms with Gasteiger partial charge in [-0.1, -0.05) is 57.9 Å². The molecule has 40 heavy (non-hydrogen) atoms. The molecular formula is C29H21BrClN3O5S. The maximum atomic E-state index is 12.6. The number of carbonyl (C=O) groups is 2. The summed E-state index contributed by atoms with van der Waals surface area (Å²) in [7, 11) is -3.82. The van der Waals surface area contributed by atoms with E-state index in [9.17, 15) is 18.0 Å². The lowest BCUT2D eigenvalue weighted by atomic mass is 10.2. The Morgan fingerprint density at radius 1 is 0.900 bits per heavy atom. The standard InChI is InChI=1S/C29H21BrClN3O5S/c30-23-9-16-27(39-28(35)17-6-20-4-2-1-3-5-20)22(18-23)19-32-33-29(36)21-7-12-25(13-8-21)34-40(37,38)26-14-10-24(31)11-15-26/h1-19,34H,(H,33,36)/b17-6+,32-19+. The molecule has 11 heteroatoms. The van der Waals surface area contributed by atoms with Crippen molar-refractivity contribution in [3.8, 4) is 5.75 Å². The van der Waals surface area contributed by atoms with Crippen LogP contribution < -0.4 is 14.9 Å². The molecule has 2 N–H and O–H groups in total. The van der Waals surface area contributed by atoms with E-state index in [-0.39, 0.29) is 21.9 Å². The van der Waals surface area contributed by atoms with E-state index in [0.29, 0.717) is 10.6 Å². The molecule has 0 saturated heterocycles. The van der Waals surface area contributed by atoms with Crippen LogP contribution in [-0.4, -0.2) is 26.5 Å². The number of hydrogen-bond donors (Lipinski definition) is 2. The van der Waals surface area contributed by atoms with E-state index in [0.717, 1.165) is 10.0 Å². The molecule has 0 aromatic heterocycles. The van der Waals surface area contributed by atoms with Gasteiger partial charge >= 0.3 is 5.97 Å². The predicted molar refractivity (Wildman–Crippen MR) is 159 cm³/mol. The molecule has 0 bridgehead atoms. The van der Waals surface area contributed by atoms with Crippen molar-refractivity contribution in [2.75, 3.05) is 4.72 Å². The average Bonchev–Trinajstić information content (AvgIpc) is 2.94. The number of carbonyl (C=O) groups excluding carboxylic acids is 2. The van der Waals surface area contributed by atoms with Crippen LogP contribution >= 0.6 is 27.5 Å². The number of sulfonamides is 1. The SMILES string of the molecule is O=C(/C=C/c1ccccc1)Oc1ccc(Br)cc1/C=N/NC(=O)c1ccc(NS(=O)(=O)c2ccc(Cl)cc2)cc1. The van der Waals surface area contributed by atoms with Crippen molar-refractivity contribution in [2.24, 2.45) is 5.10 Å². The molecule has 8 nitrogen and oxygen atoms in total. The molecule has 4 aromatic rings. The lowest BCUT2D eigenvalue weighted by Gasteiger charge is -2.09. The van der Waals surface area contributed by atoms with E-state index in [1.54, 1.807) is 24.3 Å². The minimum atomic E-state index is -3.82. The molecule has 0 atom stereocenters. The Balaban J connectivity index is 1.38. The van der Waals surface area contributed by atoms with Gasteiger partial charge in [0.2, 0.25) is 0 Å². The number of halogens is 2.